The number of ether oxygens (including phenoxy) is 3. The topological polar surface area (TPSA) is 78.9 Å². The highest BCUT2D eigenvalue weighted by atomic mass is 32.2. The zero-order valence-electron chi connectivity index (χ0n) is 20.0. The minimum absolute atomic E-state index is 0.0935. The van der Waals surface area contributed by atoms with E-state index in [1.165, 1.54) is 0 Å². The number of carbonyl (C=O) groups excluding carboxylic acids is 3. The Balaban J connectivity index is 1.45. The van der Waals surface area contributed by atoms with Gasteiger partial charge in [-0.25, -0.2) is 9.59 Å². The van der Waals surface area contributed by atoms with Gasteiger partial charge in [0.05, 0.1) is 13.2 Å². The number of halogens is 1. The van der Waals surface area contributed by atoms with E-state index in [2.05, 4.69) is 17.9 Å². The molecule has 0 saturated carbocycles. The predicted molar refractivity (Wildman–Crippen MR) is 140 cm³/mol. The van der Waals surface area contributed by atoms with Crippen LogP contribution >= 0.6 is 11.8 Å². The molecule has 0 aliphatic rings. The van der Waals surface area contributed by atoms with E-state index in [4.69, 9.17) is 9.47 Å². The second kappa shape index (κ2) is 13.8. The summed E-state index contributed by atoms with van der Waals surface area (Å²) < 4.78 is 27.9. The summed E-state index contributed by atoms with van der Waals surface area (Å²) in [6.07, 6.45) is 2.25. The van der Waals surface area contributed by atoms with E-state index in [1.807, 2.05) is 36.4 Å². The van der Waals surface area contributed by atoms with Crippen molar-refractivity contribution in [2.75, 3.05) is 13.2 Å². The van der Waals surface area contributed by atoms with E-state index in [9.17, 15) is 18.8 Å². The van der Waals surface area contributed by atoms with Crippen molar-refractivity contribution < 1.29 is 33.0 Å². The van der Waals surface area contributed by atoms with Gasteiger partial charge < -0.3 is 14.2 Å². The maximum absolute atomic E-state index is 12.7. The Labute approximate surface area is 218 Å². The zero-order chi connectivity index (χ0) is 26.6. The molecule has 6 nitrogen and oxygen atoms in total. The first-order valence-electron chi connectivity index (χ1n) is 11.4. The van der Waals surface area contributed by atoms with Gasteiger partial charge in [-0.05, 0) is 84.3 Å². The highest BCUT2D eigenvalue weighted by Crippen LogP contribution is 2.28. The van der Waals surface area contributed by atoms with E-state index in [0.717, 1.165) is 33.9 Å². The quantitative estimate of drug-likeness (QED) is 0.0879. The van der Waals surface area contributed by atoms with Crippen LogP contribution in [0.1, 0.15) is 23.2 Å². The van der Waals surface area contributed by atoms with Crippen LogP contribution < -0.4 is 9.47 Å². The second-order valence-electron chi connectivity index (χ2n) is 7.68. The molecule has 0 fully saturated rings. The van der Waals surface area contributed by atoms with Gasteiger partial charge in [-0.2, -0.15) is 4.39 Å². The summed E-state index contributed by atoms with van der Waals surface area (Å²) in [5.41, 5.74) is 2.46. The fourth-order valence-electron chi connectivity index (χ4n) is 3.08. The molecular weight excluding hydrogens is 495 g/mol. The molecule has 0 saturated heterocycles. The summed E-state index contributed by atoms with van der Waals surface area (Å²) >= 11 is 1.13. The van der Waals surface area contributed by atoms with Crippen molar-refractivity contribution in [1.82, 2.24) is 0 Å². The largest absolute Gasteiger partial charge is 0.494 e. The van der Waals surface area contributed by atoms with Gasteiger partial charge >= 0.3 is 11.9 Å². The summed E-state index contributed by atoms with van der Waals surface area (Å²) in [7, 11) is 0. The number of carbonyl (C=O) groups is 3. The fraction of sp³-hybridized carbons (Fsp3) is 0.138. The van der Waals surface area contributed by atoms with Gasteiger partial charge in [0.15, 0.2) is 0 Å². The number of rotatable bonds is 12. The molecule has 0 aromatic heterocycles. The highest BCUT2D eigenvalue weighted by molar-refractivity contribution is 8.14. The molecule has 0 bridgehead atoms. The van der Waals surface area contributed by atoms with Crippen molar-refractivity contribution in [3.05, 3.63) is 103 Å². The third kappa shape index (κ3) is 8.77. The number of thioether (sulfide) groups is 1. The minimum Gasteiger partial charge on any atom is -0.494 e. The van der Waals surface area contributed by atoms with Crippen molar-refractivity contribution in [1.29, 1.82) is 0 Å². The van der Waals surface area contributed by atoms with E-state index in [0.29, 0.717) is 36.5 Å². The number of hydrogen-bond donors (Lipinski definition) is 0. The lowest BCUT2D eigenvalue weighted by molar-refractivity contribution is -0.140. The van der Waals surface area contributed by atoms with Gasteiger partial charge in [0.25, 0.3) is 0 Å². The molecule has 0 atom stereocenters. The Morgan fingerprint density at radius 3 is 1.97 bits per heavy atom. The lowest BCUT2D eigenvalue weighted by atomic mass is 10.1. The molecule has 0 aliphatic heterocycles. The van der Waals surface area contributed by atoms with E-state index < -0.39 is 17.8 Å². The first kappa shape index (κ1) is 27.4. The van der Waals surface area contributed by atoms with Crippen LogP contribution in [0.15, 0.2) is 103 Å². The highest BCUT2D eigenvalue weighted by Gasteiger charge is 2.10. The molecule has 0 heterocycles. The zero-order valence-corrected chi connectivity index (χ0v) is 20.8. The molecule has 0 radical (unpaired) electrons. The van der Waals surface area contributed by atoms with E-state index >= 15 is 0 Å². The molecule has 37 heavy (non-hydrogen) atoms. The number of esters is 2. The van der Waals surface area contributed by atoms with E-state index in [-0.39, 0.29) is 11.7 Å². The molecule has 0 spiro atoms. The average molecular weight is 521 g/mol. The van der Waals surface area contributed by atoms with Crippen molar-refractivity contribution in [3.8, 4) is 22.6 Å². The van der Waals surface area contributed by atoms with Crippen LogP contribution in [0.3, 0.4) is 0 Å². The van der Waals surface area contributed by atoms with Gasteiger partial charge in [-0.3, -0.25) is 4.79 Å². The first-order valence-corrected chi connectivity index (χ1v) is 12.2. The third-order valence-electron chi connectivity index (χ3n) is 4.99. The summed E-state index contributed by atoms with van der Waals surface area (Å²) in [5.74, 6) is -1.62. The summed E-state index contributed by atoms with van der Waals surface area (Å²) in [6.45, 7) is 6.73. The van der Waals surface area contributed by atoms with Crippen LogP contribution in [0.25, 0.3) is 11.1 Å². The Morgan fingerprint density at radius 2 is 1.38 bits per heavy atom. The lowest BCUT2D eigenvalue weighted by Gasteiger charge is -2.08. The molecule has 0 unspecified atom stereocenters. The van der Waals surface area contributed by atoms with Gasteiger partial charge in [0.2, 0.25) is 10.9 Å². The molecule has 0 amide bonds. The SMILES string of the molecule is C=CC(=O)Oc1ccc(-c2ccc(SC(=O)c3ccc(OCCCCOC(=O)C(=C)F)cc3)cc2)cc1. The second-order valence-corrected chi connectivity index (χ2v) is 8.73. The van der Waals surface area contributed by atoms with Crippen molar-refractivity contribution in [2.45, 2.75) is 17.7 Å². The van der Waals surface area contributed by atoms with Crippen molar-refractivity contribution in [2.24, 2.45) is 0 Å². The lowest BCUT2D eigenvalue weighted by Crippen LogP contribution is -2.07. The van der Waals surface area contributed by atoms with Gasteiger partial charge in [0.1, 0.15) is 11.5 Å². The normalized spacial score (nSPS) is 10.3. The van der Waals surface area contributed by atoms with Crippen LogP contribution in [0, 0.1) is 0 Å². The van der Waals surface area contributed by atoms with Crippen LogP contribution in [-0.2, 0) is 14.3 Å². The molecule has 0 aliphatic carbocycles. The molecule has 190 valence electrons. The van der Waals surface area contributed by atoms with Crippen LogP contribution in [0.2, 0.25) is 0 Å². The Kier molecular flexibility index (Phi) is 10.2. The van der Waals surface area contributed by atoms with Crippen LogP contribution in [0.5, 0.6) is 11.5 Å². The third-order valence-corrected chi connectivity index (χ3v) is 5.92. The Bertz CT molecular complexity index is 1250. The maximum Gasteiger partial charge on any atom is 0.366 e. The minimum atomic E-state index is -1.11. The molecular formula is C29H25FO6S. The Hall–Kier alpha value is -4.17. The molecule has 3 aromatic carbocycles. The monoisotopic (exact) mass is 520 g/mol. The standard InChI is InChI=1S/C29H25FO6S/c1-3-27(31)36-25-14-6-21(7-15-25)22-10-16-26(17-11-22)37-29(33)23-8-12-24(13-9-23)34-18-4-5-19-35-28(32)20(2)30/h3,6-17H,1-2,4-5,18-19H2. The van der Waals surface area contributed by atoms with Crippen molar-refractivity contribution >= 4 is 28.8 Å². The Morgan fingerprint density at radius 1 is 0.811 bits per heavy atom. The van der Waals surface area contributed by atoms with Crippen molar-refractivity contribution in [3.63, 3.8) is 0 Å². The number of hydrogen-bond acceptors (Lipinski definition) is 7. The van der Waals surface area contributed by atoms with Gasteiger partial charge in [-0.15, -0.1) is 0 Å². The van der Waals surface area contributed by atoms with Crippen LogP contribution in [-0.4, -0.2) is 30.3 Å². The molecule has 3 aromatic rings. The van der Waals surface area contributed by atoms with Gasteiger partial charge in [0, 0.05) is 16.5 Å². The fourth-order valence-corrected chi connectivity index (χ4v) is 3.82. The molecule has 0 N–H and O–H groups in total. The number of benzene rings is 3. The van der Waals surface area contributed by atoms with Crippen LogP contribution in [0.4, 0.5) is 4.39 Å². The molecule has 8 heteroatoms. The number of unbranched alkanes of at least 4 members (excludes halogenated alkanes) is 1. The summed E-state index contributed by atoms with van der Waals surface area (Å²) in [6, 6.07) is 21.6. The van der Waals surface area contributed by atoms with Gasteiger partial charge in [-0.1, -0.05) is 37.4 Å². The smallest absolute Gasteiger partial charge is 0.366 e. The predicted octanol–water partition coefficient (Wildman–Crippen LogP) is 6.56. The average Bonchev–Trinajstić information content (AvgIpc) is 2.91. The van der Waals surface area contributed by atoms with E-state index in [1.54, 1.807) is 36.4 Å². The first-order chi connectivity index (χ1) is 17.9. The summed E-state index contributed by atoms with van der Waals surface area (Å²) in [4.78, 5) is 35.7. The maximum atomic E-state index is 12.7. The molecule has 3 rings (SSSR count). The summed E-state index contributed by atoms with van der Waals surface area (Å²) in [5, 5.41) is -0.0936.